The van der Waals surface area contributed by atoms with E-state index in [0.29, 0.717) is 12.2 Å². The van der Waals surface area contributed by atoms with E-state index in [1.165, 1.54) is 0 Å². The Balaban J connectivity index is -0.00000312. The first-order valence-electron chi connectivity index (χ1n) is 9.12. The molecule has 0 aromatic carbocycles. The second-order valence-electron chi connectivity index (χ2n) is 8.77. The average molecular weight is 455 g/mol. The average Bonchev–Trinajstić information content (AvgIpc) is 2.39. The predicted molar refractivity (Wildman–Crippen MR) is 126 cm³/mol. The summed E-state index contributed by atoms with van der Waals surface area (Å²) in [6.45, 7) is 20.9. The van der Waals surface area contributed by atoms with Crippen LogP contribution >= 0.6 is 0 Å². The molecule has 0 heterocycles. The van der Waals surface area contributed by atoms with E-state index >= 15 is 0 Å². The Hall–Kier alpha value is -0.299. The Morgan fingerprint density at radius 3 is 1.82 bits per heavy atom. The maximum Gasteiger partial charge on any atom is 0.333 e. The molecule has 1 unspecified atom stereocenters. The van der Waals surface area contributed by atoms with E-state index in [-0.39, 0.29) is 28.1 Å². The first-order valence-corrected chi connectivity index (χ1v) is 18.5. The number of carbonyl (C=O) groups excluding carboxylic acids is 1. The van der Waals surface area contributed by atoms with E-state index in [0.717, 1.165) is 12.5 Å². The van der Waals surface area contributed by atoms with Crippen LogP contribution < -0.4 is 0 Å². The van der Waals surface area contributed by atoms with Gasteiger partial charge in [-0.2, -0.15) is 0 Å². The molecule has 0 saturated carbocycles. The number of aliphatic hydroxyl groups excluding tert-OH is 1. The molecule has 0 spiro atoms. The van der Waals surface area contributed by atoms with Crippen LogP contribution in [0.3, 0.4) is 0 Å². The lowest BCUT2D eigenvalue weighted by atomic mass is 10.3. The van der Waals surface area contributed by atoms with Crippen LogP contribution in [0.5, 0.6) is 0 Å². The topological polar surface area (TPSA) is 74.2 Å². The molecule has 0 aliphatic heterocycles. The van der Waals surface area contributed by atoms with Crippen molar-refractivity contribution in [2.75, 3.05) is 19.8 Å². The summed E-state index contributed by atoms with van der Waals surface area (Å²) < 4.78 is 23.3. The third-order valence-corrected chi connectivity index (χ3v) is 12.6. The van der Waals surface area contributed by atoms with E-state index in [4.69, 9.17) is 17.7 Å². The summed E-state index contributed by atoms with van der Waals surface area (Å²) in [6, 6.07) is 0.863. The zero-order valence-corrected chi connectivity index (χ0v) is 20.8. The lowest BCUT2D eigenvalue weighted by Crippen LogP contribution is -2.52. The van der Waals surface area contributed by atoms with Crippen molar-refractivity contribution < 1.29 is 27.6 Å². The van der Waals surface area contributed by atoms with Crippen molar-refractivity contribution in [2.45, 2.75) is 86.2 Å². The normalized spacial score (nSPS) is 13.2. The molecule has 0 aromatic rings. The molecular formula is C19H46O6Si3. The summed E-state index contributed by atoms with van der Waals surface area (Å²) in [5.74, 6) is -0.502. The summed E-state index contributed by atoms with van der Waals surface area (Å²) in [6.07, 6.45) is -0.0194. The number of carbonyl (C=O) groups is 1. The zero-order chi connectivity index (χ0) is 20.6. The fraction of sp³-hybridized carbons (Fsp3) is 0.842. The van der Waals surface area contributed by atoms with E-state index in [1.807, 2.05) is 0 Å². The summed E-state index contributed by atoms with van der Waals surface area (Å²) >= 11 is 0. The van der Waals surface area contributed by atoms with Gasteiger partial charge in [0.25, 0.3) is 0 Å². The molecule has 0 fully saturated rings. The third-order valence-electron chi connectivity index (χ3n) is 3.03. The van der Waals surface area contributed by atoms with Crippen LogP contribution in [-0.4, -0.2) is 62.2 Å². The van der Waals surface area contributed by atoms with Crippen LogP contribution in [0.25, 0.3) is 0 Å². The molecule has 0 aliphatic rings. The van der Waals surface area contributed by atoms with Gasteiger partial charge in [-0.05, 0) is 65.2 Å². The molecule has 0 aliphatic carbocycles. The smallest absolute Gasteiger partial charge is 0.333 e. The van der Waals surface area contributed by atoms with Gasteiger partial charge < -0.3 is 22.8 Å². The van der Waals surface area contributed by atoms with Crippen LogP contribution in [0.4, 0.5) is 0 Å². The molecule has 1 N–H and O–H groups in total. The molecule has 9 heteroatoms. The largest absolute Gasteiger partial charge is 0.460 e. The van der Waals surface area contributed by atoms with Crippen LogP contribution in [-0.2, 0) is 22.5 Å². The van der Waals surface area contributed by atoms with Gasteiger partial charge in [-0.1, -0.05) is 21.4 Å². The molecule has 0 aromatic heterocycles. The van der Waals surface area contributed by atoms with Crippen molar-refractivity contribution in [1.29, 1.82) is 0 Å². The number of rotatable bonds is 13. The van der Waals surface area contributed by atoms with Crippen molar-refractivity contribution in [3.63, 3.8) is 0 Å². The van der Waals surface area contributed by atoms with E-state index in [9.17, 15) is 9.90 Å². The minimum absolute atomic E-state index is 0. The number of ether oxygens (including phenoxy) is 2. The number of esters is 1. The lowest BCUT2D eigenvalue weighted by Gasteiger charge is -2.38. The molecular weight excluding hydrogens is 408 g/mol. The van der Waals surface area contributed by atoms with Gasteiger partial charge in [0.2, 0.25) is 0 Å². The highest BCUT2D eigenvalue weighted by Crippen LogP contribution is 2.25. The van der Waals surface area contributed by atoms with Gasteiger partial charge in [0.05, 0.1) is 6.61 Å². The number of hydrogen-bond donors (Lipinski definition) is 1. The molecule has 6 nitrogen and oxygen atoms in total. The fourth-order valence-corrected chi connectivity index (χ4v) is 15.0. The van der Waals surface area contributed by atoms with E-state index in [2.05, 4.69) is 52.4 Å². The van der Waals surface area contributed by atoms with Crippen LogP contribution in [0, 0.1) is 0 Å². The third kappa shape index (κ3) is 17.8. The molecule has 0 amide bonds. The SMILES string of the molecule is C.C.C=C(C)C(=O)OCC(O)COCCC[Si](C)(O[Si](C)(C)C)O[Si](C)(C)C. The summed E-state index contributed by atoms with van der Waals surface area (Å²) in [7, 11) is -5.61. The zero-order valence-electron chi connectivity index (χ0n) is 17.8. The maximum atomic E-state index is 11.3. The number of hydrogen-bond acceptors (Lipinski definition) is 6. The number of aliphatic hydroxyl groups is 1. The van der Waals surface area contributed by atoms with Crippen molar-refractivity contribution in [2.24, 2.45) is 0 Å². The Morgan fingerprint density at radius 2 is 1.43 bits per heavy atom. The standard InChI is InChI=1S/C17H38O6Si3.2CH4/c1-15(2)17(19)21-14-16(18)13-20-11-10-12-26(9,22-24(3,4)5)23-25(6,7)8;;/h16,18H,1,10-14H2,2-9H3;2*1H4. The highest BCUT2D eigenvalue weighted by Gasteiger charge is 2.39. The second-order valence-corrected chi connectivity index (χ2v) is 21.6. The Labute approximate surface area is 177 Å². The second kappa shape index (κ2) is 13.8. The fourth-order valence-electron chi connectivity index (χ4n) is 2.48. The summed E-state index contributed by atoms with van der Waals surface area (Å²) in [5.41, 5.74) is 0.312. The van der Waals surface area contributed by atoms with Crippen LogP contribution in [0.2, 0.25) is 51.9 Å². The molecule has 28 heavy (non-hydrogen) atoms. The van der Waals surface area contributed by atoms with Gasteiger partial charge in [-0.3, -0.25) is 0 Å². The van der Waals surface area contributed by atoms with Gasteiger partial charge in [0.1, 0.15) is 12.7 Å². The maximum absolute atomic E-state index is 11.3. The Kier molecular flexibility index (Phi) is 16.0. The first-order chi connectivity index (χ1) is 11.6. The molecule has 0 rings (SSSR count). The minimum atomic E-state index is -2.24. The van der Waals surface area contributed by atoms with Crippen LogP contribution in [0.15, 0.2) is 12.2 Å². The highest BCUT2D eigenvalue weighted by molar-refractivity contribution is 6.87. The van der Waals surface area contributed by atoms with Gasteiger partial charge in [0, 0.05) is 12.2 Å². The van der Waals surface area contributed by atoms with Gasteiger partial charge in [-0.15, -0.1) is 0 Å². The van der Waals surface area contributed by atoms with E-state index < -0.39 is 37.3 Å². The van der Waals surface area contributed by atoms with Gasteiger partial charge in [-0.25, -0.2) is 4.79 Å². The summed E-state index contributed by atoms with van der Waals surface area (Å²) in [5, 5.41) is 9.78. The molecule has 0 bridgehead atoms. The summed E-state index contributed by atoms with van der Waals surface area (Å²) in [4.78, 5) is 11.3. The Morgan fingerprint density at radius 1 is 0.964 bits per heavy atom. The quantitative estimate of drug-likeness (QED) is 0.184. The highest BCUT2D eigenvalue weighted by atomic mass is 28.5. The molecule has 1 atom stereocenters. The molecule has 0 radical (unpaired) electrons. The minimum Gasteiger partial charge on any atom is -0.460 e. The first kappa shape index (κ1) is 32.4. The molecule has 0 saturated heterocycles. The van der Waals surface area contributed by atoms with Crippen molar-refractivity contribution in [3.05, 3.63) is 12.2 Å². The van der Waals surface area contributed by atoms with Crippen molar-refractivity contribution >= 4 is 31.2 Å². The lowest BCUT2D eigenvalue weighted by molar-refractivity contribution is -0.143. The Bertz CT molecular complexity index is 442. The monoisotopic (exact) mass is 454 g/mol. The van der Waals surface area contributed by atoms with Gasteiger partial charge in [0.15, 0.2) is 16.6 Å². The van der Waals surface area contributed by atoms with Crippen LogP contribution in [0.1, 0.15) is 28.2 Å². The predicted octanol–water partition coefficient (Wildman–Crippen LogP) is 4.92. The molecule has 170 valence electrons. The van der Waals surface area contributed by atoms with Crippen molar-refractivity contribution in [3.8, 4) is 0 Å². The van der Waals surface area contributed by atoms with E-state index in [1.54, 1.807) is 6.92 Å². The van der Waals surface area contributed by atoms with Crippen molar-refractivity contribution in [1.82, 2.24) is 0 Å². The van der Waals surface area contributed by atoms with Gasteiger partial charge >= 0.3 is 14.5 Å².